The van der Waals surface area contributed by atoms with Gasteiger partial charge in [-0.15, -0.1) is 11.3 Å². The van der Waals surface area contributed by atoms with E-state index in [4.69, 9.17) is 4.74 Å². The van der Waals surface area contributed by atoms with Gasteiger partial charge in [-0.25, -0.2) is 4.79 Å². The van der Waals surface area contributed by atoms with Crippen molar-refractivity contribution in [3.63, 3.8) is 0 Å². The minimum absolute atomic E-state index is 0.339. The average Bonchev–Trinajstić information content (AvgIpc) is 3.16. The summed E-state index contributed by atoms with van der Waals surface area (Å²) in [4.78, 5) is 37.8. The number of ether oxygens (including phenoxy) is 1. The van der Waals surface area contributed by atoms with Crippen molar-refractivity contribution in [2.24, 2.45) is 11.8 Å². The summed E-state index contributed by atoms with van der Waals surface area (Å²) in [6, 6.07) is 0. The molecule has 1 heterocycles. The molecule has 0 bridgehead atoms. The van der Waals surface area contributed by atoms with E-state index in [1.807, 2.05) is 13.8 Å². The molecule has 140 valence electrons. The van der Waals surface area contributed by atoms with Crippen LogP contribution in [-0.4, -0.2) is 30.1 Å². The van der Waals surface area contributed by atoms with Gasteiger partial charge in [-0.05, 0) is 51.5 Å². The fraction of sp³-hybridized carbons (Fsp3) is 0.526. The van der Waals surface area contributed by atoms with Gasteiger partial charge in [0.05, 0.1) is 24.5 Å². The zero-order chi connectivity index (χ0) is 19.0. The van der Waals surface area contributed by atoms with E-state index in [-0.39, 0.29) is 5.91 Å². The molecule has 6 nitrogen and oxygen atoms in total. The Kier molecular flexibility index (Phi) is 5.18. The molecule has 0 spiro atoms. The molecule has 2 aliphatic rings. The first-order chi connectivity index (χ1) is 12.3. The monoisotopic (exact) mass is 377 g/mol. The molecule has 0 aliphatic heterocycles. The van der Waals surface area contributed by atoms with Crippen LogP contribution in [0.1, 0.15) is 53.9 Å². The molecule has 0 unspecified atom stereocenters. The third kappa shape index (κ3) is 3.28. The topological polar surface area (TPSA) is 92.7 Å². The fourth-order valence-corrected chi connectivity index (χ4v) is 5.12. The lowest BCUT2D eigenvalue weighted by atomic mass is 9.76. The molecule has 7 heteroatoms. The molecular formula is C19H23NO5S. The molecule has 0 saturated carbocycles. The number of carbonyl (C=O) groups is 3. The first kappa shape index (κ1) is 18.6. The highest BCUT2D eigenvalue weighted by molar-refractivity contribution is 7.17. The Hall–Kier alpha value is -2.15. The first-order valence-corrected chi connectivity index (χ1v) is 9.56. The summed E-state index contributed by atoms with van der Waals surface area (Å²) in [5.74, 6) is -3.14. The summed E-state index contributed by atoms with van der Waals surface area (Å²) in [6.07, 6.45) is 3.49. The number of hydrogen-bond acceptors (Lipinski definition) is 5. The molecular weight excluding hydrogens is 354 g/mol. The number of esters is 1. The molecule has 0 radical (unpaired) electrons. The number of allylic oxidation sites excluding steroid dienone is 2. The summed E-state index contributed by atoms with van der Waals surface area (Å²) < 4.78 is 4.89. The number of aryl methyl sites for hydroxylation is 1. The summed E-state index contributed by atoms with van der Waals surface area (Å²) >= 11 is 1.40. The number of nitrogens with one attached hydrogen (secondary N) is 1. The average molecular weight is 377 g/mol. The van der Waals surface area contributed by atoms with E-state index in [2.05, 4.69) is 5.32 Å². The summed E-state index contributed by atoms with van der Waals surface area (Å²) in [5.41, 5.74) is 3.49. The van der Waals surface area contributed by atoms with Crippen molar-refractivity contribution in [3.05, 3.63) is 27.2 Å². The highest BCUT2D eigenvalue weighted by atomic mass is 32.1. The number of hydrogen-bond donors (Lipinski definition) is 2. The molecule has 1 aromatic rings. The Morgan fingerprint density at radius 2 is 1.77 bits per heavy atom. The lowest BCUT2D eigenvalue weighted by Crippen LogP contribution is -2.36. The van der Waals surface area contributed by atoms with Crippen molar-refractivity contribution in [2.75, 3.05) is 12.4 Å². The number of carboxylic acid groups (broad SMARTS) is 1. The standard InChI is InChI=1S/C19H23NO5S/c1-9-7-12(13(18(22)23)8-10(9)2)16(21)20-17-15(19(24)25-3)11-5-4-6-14(11)26-17/h12-13H,4-8H2,1-3H3,(H,20,21)(H,22,23)/t12-,13-/m0/s1. The van der Waals surface area contributed by atoms with Crippen LogP contribution in [0.2, 0.25) is 0 Å². The van der Waals surface area contributed by atoms with Crippen LogP contribution in [0.25, 0.3) is 0 Å². The maximum Gasteiger partial charge on any atom is 0.341 e. The van der Waals surface area contributed by atoms with Gasteiger partial charge in [0.15, 0.2) is 0 Å². The zero-order valence-corrected chi connectivity index (χ0v) is 16.0. The van der Waals surface area contributed by atoms with Gasteiger partial charge < -0.3 is 15.2 Å². The Morgan fingerprint density at radius 1 is 1.12 bits per heavy atom. The molecule has 2 N–H and O–H groups in total. The smallest absolute Gasteiger partial charge is 0.341 e. The van der Waals surface area contributed by atoms with Crippen LogP contribution in [-0.2, 0) is 27.2 Å². The molecule has 1 aromatic heterocycles. The predicted molar refractivity (Wildman–Crippen MR) is 98.5 cm³/mol. The Labute approximate surface area is 156 Å². The molecule has 0 saturated heterocycles. The number of aliphatic carboxylic acids is 1. The third-order valence-corrected chi connectivity index (χ3v) is 6.68. The second kappa shape index (κ2) is 7.23. The minimum atomic E-state index is -0.959. The Balaban J connectivity index is 1.88. The maximum absolute atomic E-state index is 12.9. The van der Waals surface area contributed by atoms with Gasteiger partial charge in [-0.2, -0.15) is 0 Å². The number of rotatable bonds is 4. The lowest BCUT2D eigenvalue weighted by molar-refractivity contribution is -0.146. The molecule has 1 amide bonds. The van der Waals surface area contributed by atoms with E-state index < -0.39 is 23.8 Å². The van der Waals surface area contributed by atoms with Gasteiger partial charge in [-0.3, -0.25) is 9.59 Å². The largest absolute Gasteiger partial charge is 0.481 e. The van der Waals surface area contributed by atoms with E-state index in [0.717, 1.165) is 40.8 Å². The van der Waals surface area contributed by atoms with E-state index in [1.165, 1.54) is 18.4 Å². The highest BCUT2D eigenvalue weighted by Crippen LogP contribution is 2.41. The minimum Gasteiger partial charge on any atom is -0.481 e. The normalized spacial score (nSPS) is 22.1. The summed E-state index contributed by atoms with van der Waals surface area (Å²) in [7, 11) is 1.32. The van der Waals surface area contributed by atoms with Gasteiger partial charge in [-0.1, -0.05) is 11.1 Å². The quantitative estimate of drug-likeness (QED) is 0.620. The van der Waals surface area contributed by atoms with E-state index in [1.54, 1.807) is 0 Å². The maximum atomic E-state index is 12.9. The lowest BCUT2D eigenvalue weighted by Gasteiger charge is -2.29. The molecule has 0 fully saturated rings. The molecule has 0 aromatic carbocycles. The van der Waals surface area contributed by atoms with Gasteiger partial charge in [0, 0.05) is 4.88 Å². The van der Waals surface area contributed by atoms with E-state index in [9.17, 15) is 19.5 Å². The van der Waals surface area contributed by atoms with Crippen molar-refractivity contribution in [1.29, 1.82) is 0 Å². The van der Waals surface area contributed by atoms with Gasteiger partial charge in [0.2, 0.25) is 5.91 Å². The van der Waals surface area contributed by atoms with Crippen molar-refractivity contribution in [1.82, 2.24) is 0 Å². The van der Waals surface area contributed by atoms with Crippen LogP contribution < -0.4 is 5.32 Å². The van der Waals surface area contributed by atoms with Crippen molar-refractivity contribution < 1.29 is 24.2 Å². The van der Waals surface area contributed by atoms with Crippen LogP contribution in [0, 0.1) is 11.8 Å². The van der Waals surface area contributed by atoms with Crippen LogP contribution in [0.15, 0.2) is 11.1 Å². The summed E-state index contributed by atoms with van der Waals surface area (Å²) in [5, 5.41) is 12.9. The third-order valence-electron chi connectivity index (χ3n) is 5.47. The Bertz CT molecular complexity index is 807. The fourth-order valence-electron chi connectivity index (χ4n) is 3.84. The summed E-state index contributed by atoms with van der Waals surface area (Å²) in [6.45, 7) is 3.85. The number of thiophene rings is 1. The molecule has 2 atom stereocenters. The van der Waals surface area contributed by atoms with Crippen molar-refractivity contribution in [2.45, 2.75) is 46.0 Å². The van der Waals surface area contributed by atoms with Crippen LogP contribution in [0.4, 0.5) is 5.00 Å². The molecule has 26 heavy (non-hydrogen) atoms. The van der Waals surface area contributed by atoms with Crippen LogP contribution in [0.5, 0.6) is 0 Å². The number of anilines is 1. The van der Waals surface area contributed by atoms with Crippen molar-refractivity contribution >= 4 is 34.2 Å². The van der Waals surface area contributed by atoms with Gasteiger partial charge >= 0.3 is 11.9 Å². The number of carbonyl (C=O) groups excluding carboxylic acids is 2. The SMILES string of the molecule is COC(=O)c1c(NC(=O)[C@H]2CC(C)=C(C)C[C@@H]2C(=O)O)sc2c1CCC2. The van der Waals surface area contributed by atoms with Gasteiger partial charge in [0.1, 0.15) is 5.00 Å². The number of fused-ring (bicyclic) bond motifs is 1. The van der Waals surface area contributed by atoms with Crippen molar-refractivity contribution in [3.8, 4) is 0 Å². The number of methoxy groups -OCH3 is 1. The Morgan fingerprint density at radius 3 is 2.38 bits per heavy atom. The first-order valence-electron chi connectivity index (χ1n) is 8.75. The number of amides is 1. The second-order valence-corrected chi connectivity index (χ2v) is 8.17. The van der Waals surface area contributed by atoms with Crippen LogP contribution >= 0.6 is 11.3 Å². The van der Waals surface area contributed by atoms with E-state index >= 15 is 0 Å². The molecule has 3 rings (SSSR count). The molecule has 2 aliphatic carbocycles. The highest BCUT2D eigenvalue weighted by Gasteiger charge is 2.38. The van der Waals surface area contributed by atoms with Gasteiger partial charge in [0.25, 0.3) is 0 Å². The zero-order valence-electron chi connectivity index (χ0n) is 15.2. The second-order valence-electron chi connectivity index (χ2n) is 7.06. The number of carboxylic acids is 1. The van der Waals surface area contributed by atoms with E-state index in [0.29, 0.717) is 23.4 Å². The van der Waals surface area contributed by atoms with Crippen LogP contribution in [0.3, 0.4) is 0 Å². The predicted octanol–water partition coefficient (Wildman–Crippen LogP) is 3.41.